The van der Waals surface area contributed by atoms with E-state index >= 15 is 0 Å². The second-order valence-electron chi connectivity index (χ2n) is 4.83. The highest BCUT2D eigenvalue weighted by atomic mass is 35.5. The molecule has 0 unspecified atom stereocenters. The highest BCUT2D eigenvalue weighted by molar-refractivity contribution is 6.31. The van der Waals surface area contributed by atoms with Gasteiger partial charge in [-0.2, -0.15) is 0 Å². The van der Waals surface area contributed by atoms with Crippen molar-refractivity contribution in [2.24, 2.45) is 0 Å². The number of halogens is 1. The van der Waals surface area contributed by atoms with Gasteiger partial charge in [0.25, 0.3) is 0 Å². The van der Waals surface area contributed by atoms with Crippen LogP contribution in [0.15, 0.2) is 52.9 Å². The van der Waals surface area contributed by atoms with Crippen molar-refractivity contribution in [2.75, 3.05) is 0 Å². The number of nitrogens with one attached hydrogen (secondary N) is 1. The van der Waals surface area contributed by atoms with Gasteiger partial charge in [0.1, 0.15) is 11.3 Å². The highest BCUT2D eigenvalue weighted by Crippen LogP contribution is 2.25. The van der Waals surface area contributed by atoms with E-state index in [1.54, 1.807) is 0 Å². The molecule has 1 heterocycles. The molecule has 1 N–H and O–H groups in total. The molecule has 3 heteroatoms. The molecule has 3 aromatic rings. The first-order valence-corrected chi connectivity index (χ1v) is 7.04. The molecule has 1 aromatic heterocycles. The topological polar surface area (TPSA) is 25.2 Å². The van der Waals surface area contributed by atoms with E-state index in [0.29, 0.717) is 0 Å². The lowest BCUT2D eigenvalue weighted by atomic mass is 10.1. The fourth-order valence-electron chi connectivity index (χ4n) is 2.40. The zero-order valence-corrected chi connectivity index (χ0v) is 12.1. The first-order chi connectivity index (χ1) is 9.75. The molecule has 3 rings (SSSR count). The predicted molar refractivity (Wildman–Crippen MR) is 82.9 cm³/mol. The Labute approximate surface area is 123 Å². The molecule has 0 saturated carbocycles. The summed E-state index contributed by atoms with van der Waals surface area (Å²) in [6.45, 7) is 3.53. The number of fused-ring (bicyclic) bond motifs is 1. The Kier molecular flexibility index (Phi) is 3.77. The Balaban J connectivity index is 1.74. The average molecular weight is 286 g/mol. The fourth-order valence-corrected chi connectivity index (χ4v) is 2.61. The molecule has 0 aliphatic carbocycles. The number of para-hydroxylation sites is 1. The van der Waals surface area contributed by atoms with Crippen LogP contribution in [0, 0.1) is 6.92 Å². The lowest BCUT2D eigenvalue weighted by molar-refractivity contribution is 0.565. The molecule has 0 aliphatic rings. The van der Waals surface area contributed by atoms with Crippen LogP contribution in [0.1, 0.15) is 16.9 Å². The summed E-state index contributed by atoms with van der Waals surface area (Å²) in [5, 5.41) is 5.41. The molecule has 2 aromatic carbocycles. The SMILES string of the molecule is Cc1oc2ccccc2c1CNCc1ccccc1Cl. The van der Waals surface area contributed by atoms with Crippen LogP contribution in [0.4, 0.5) is 0 Å². The van der Waals surface area contributed by atoms with E-state index in [4.69, 9.17) is 16.0 Å². The normalized spacial score (nSPS) is 11.1. The Morgan fingerprint density at radius 1 is 1.00 bits per heavy atom. The van der Waals surface area contributed by atoms with Gasteiger partial charge in [-0.25, -0.2) is 0 Å². The van der Waals surface area contributed by atoms with Gasteiger partial charge < -0.3 is 9.73 Å². The summed E-state index contributed by atoms with van der Waals surface area (Å²) in [6.07, 6.45) is 0. The monoisotopic (exact) mass is 285 g/mol. The number of rotatable bonds is 4. The summed E-state index contributed by atoms with van der Waals surface area (Å²) >= 11 is 6.15. The third-order valence-electron chi connectivity index (χ3n) is 3.48. The quantitative estimate of drug-likeness (QED) is 0.752. The van der Waals surface area contributed by atoms with Crippen LogP contribution in [0.3, 0.4) is 0 Å². The zero-order chi connectivity index (χ0) is 13.9. The second kappa shape index (κ2) is 5.70. The number of benzene rings is 2. The third kappa shape index (κ3) is 2.58. The summed E-state index contributed by atoms with van der Waals surface area (Å²) in [6, 6.07) is 16.0. The Bertz CT molecular complexity index is 733. The number of hydrogen-bond donors (Lipinski definition) is 1. The van der Waals surface area contributed by atoms with Crippen LogP contribution in [-0.4, -0.2) is 0 Å². The van der Waals surface area contributed by atoms with Gasteiger partial charge in [-0.1, -0.05) is 48.0 Å². The molecule has 0 atom stereocenters. The van der Waals surface area contributed by atoms with E-state index in [9.17, 15) is 0 Å². The number of furan rings is 1. The van der Waals surface area contributed by atoms with Crippen molar-refractivity contribution in [3.05, 3.63) is 70.4 Å². The number of aryl methyl sites for hydroxylation is 1. The third-order valence-corrected chi connectivity index (χ3v) is 3.84. The molecule has 20 heavy (non-hydrogen) atoms. The summed E-state index contributed by atoms with van der Waals surface area (Å²) in [5.41, 5.74) is 3.27. The van der Waals surface area contributed by atoms with Crippen molar-refractivity contribution in [3.63, 3.8) is 0 Å². The van der Waals surface area contributed by atoms with Crippen LogP contribution < -0.4 is 5.32 Å². The molecule has 0 bridgehead atoms. The van der Waals surface area contributed by atoms with Crippen LogP contribution in [-0.2, 0) is 13.1 Å². The van der Waals surface area contributed by atoms with Crippen LogP contribution in [0.25, 0.3) is 11.0 Å². The van der Waals surface area contributed by atoms with E-state index < -0.39 is 0 Å². The molecule has 0 saturated heterocycles. The maximum Gasteiger partial charge on any atom is 0.134 e. The first kappa shape index (κ1) is 13.2. The lowest BCUT2D eigenvalue weighted by Gasteiger charge is -2.06. The zero-order valence-electron chi connectivity index (χ0n) is 11.3. The molecule has 2 nitrogen and oxygen atoms in total. The minimum Gasteiger partial charge on any atom is -0.461 e. The Morgan fingerprint density at radius 2 is 1.75 bits per heavy atom. The highest BCUT2D eigenvalue weighted by Gasteiger charge is 2.09. The molecule has 0 spiro atoms. The summed E-state index contributed by atoms with van der Waals surface area (Å²) in [7, 11) is 0. The maximum atomic E-state index is 6.15. The van der Waals surface area contributed by atoms with Crippen LogP contribution in [0.5, 0.6) is 0 Å². The molecular formula is C17H16ClNO. The van der Waals surface area contributed by atoms with E-state index in [0.717, 1.165) is 35.0 Å². The summed E-state index contributed by atoms with van der Waals surface area (Å²) in [4.78, 5) is 0. The lowest BCUT2D eigenvalue weighted by Crippen LogP contribution is -2.13. The van der Waals surface area contributed by atoms with Crippen molar-refractivity contribution in [1.29, 1.82) is 0 Å². The van der Waals surface area contributed by atoms with Crippen molar-refractivity contribution in [2.45, 2.75) is 20.0 Å². The largest absolute Gasteiger partial charge is 0.461 e. The van der Waals surface area contributed by atoms with Crippen molar-refractivity contribution in [3.8, 4) is 0 Å². The second-order valence-corrected chi connectivity index (χ2v) is 5.24. The Morgan fingerprint density at radius 3 is 2.60 bits per heavy atom. The minimum absolute atomic E-state index is 0.749. The van der Waals surface area contributed by atoms with Gasteiger partial charge >= 0.3 is 0 Å². The molecular weight excluding hydrogens is 270 g/mol. The van der Waals surface area contributed by atoms with Gasteiger partial charge in [0.2, 0.25) is 0 Å². The van der Waals surface area contributed by atoms with Gasteiger partial charge in [0.05, 0.1) is 0 Å². The van der Waals surface area contributed by atoms with Crippen molar-refractivity contribution < 1.29 is 4.42 Å². The minimum atomic E-state index is 0.749. The van der Waals surface area contributed by atoms with Crippen LogP contribution in [0.2, 0.25) is 5.02 Å². The van der Waals surface area contributed by atoms with Crippen molar-refractivity contribution in [1.82, 2.24) is 5.32 Å². The molecule has 102 valence electrons. The maximum absolute atomic E-state index is 6.15. The Hall–Kier alpha value is -1.77. The summed E-state index contributed by atoms with van der Waals surface area (Å²) in [5.74, 6) is 0.970. The van der Waals surface area contributed by atoms with Gasteiger partial charge in [0, 0.05) is 29.1 Å². The van der Waals surface area contributed by atoms with E-state index in [1.165, 1.54) is 10.9 Å². The molecule has 0 radical (unpaired) electrons. The molecule has 0 aliphatic heterocycles. The average Bonchev–Trinajstić information content (AvgIpc) is 2.77. The van der Waals surface area contributed by atoms with E-state index in [2.05, 4.69) is 11.4 Å². The summed E-state index contributed by atoms with van der Waals surface area (Å²) < 4.78 is 5.76. The van der Waals surface area contributed by atoms with Gasteiger partial charge in [0.15, 0.2) is 0 Å². The van der Waals surface area contributed by atoms with Gasteiger partial charge in [-0.15, -0.1) is 0 Å². The first-order valence-electron chi connectivity index (χ1n) is 6.67. The fraction of sp³-hybridized carbons (Fsp3) is 0.176. The van der Waals surface area contributed by atoms with E-state index in [-0.39, 0.29) is 0 Å². The smallest absolute Gasteiger partial charge is 0.134 e. The van der Waals surface area contributed by atoms with E-state index in [1.807, 2.05) is 49.4 Å². The van der Waals surface area contributed by atoms with Crippen LogP contribution >= 0.6 is 11.6 Å². The van der Waals surface area contributed by atoms with Crippen molar-refractivity contribution >= 4 is 22.6 Å². The van der Waals surface area contributed by atoms with Gasteiger partial charge in [-0.3, -0.25) is 0 Å². The van der Waals surface area contributed by atoms with Gasteiger partial charge in [-0.05, 0) is 24.6 Å². The number of hydrogen-bond acceptors (Lipinski definition) is 2. The molecule has 0 fully saturated rings. The predicted octanol–water partition coefficient (Wildman–Crippen LogP) is 4.68. The molecule has 0 amide bonds. The standard InChI is InChI=1S/C17H16ClNO/c1-12-15(14-7-3-5-9-17(14)20-12)11-19-10-13-6-2-4-8-16(13)18/h2-9,19H,10-11H2,1H3.